The predicted octanol–water partition coefficient (Wildman–Crippen LogP) is 3.13. The standard InChI is InChI=1S/C16H22F2N2O3/c1-16(2,3)23-14-12(17)7-10(8-13(14)18)19-15(22)20-6-4-5-11(21)9-20/h7-8,11,21H,4-6,9H2,1-3H3,(H,19,22). The van der Waals surface area contributed by atoms with Crippen LogP contribution in [0.3, 0.4) is 0 Å². The Balaban J connectivity index is 2.10. The summed E-state index contributed by atoms with van der Waals surface area (Å²) in [7, 11) is 0. The topological polar surface area (TPSA) is 61.8 Å². The van der Waals surface area contributed by atoms with E-state index < -0.39 is 35.1 Å². The third-order valence-electron chi connectivity index (χ3n) is 3.34. The molecule has 1 aliphatic heterocycles. The minimum Gasteiger partial charge on any atom is -0.482 e. The highest BCUT2D eigenvalue weighted by atomic mass is 19.1. The predicted molar refractivity (Wildman–Crippen MR) is 82.6 cm³/mol. The number of piperidine rings is 1. The summed E-state index contributed by atoms with van der Waals surface area (Å²) in [5.41, 5.74) is -0.734. The molecule has 1 fully saturated rings. The lowest BCUT2D eigenvalue weighted by Gasteiger charge is -2.30. The van der Waals surface area contributed by atoms with Gasteiger partial charge in [-0.2, -0.15) is 0 Å². The first-order valence-corrected chi connectivity index (χ1v) is 7.58. The molecule has 1 aromatic rings. The molecular formula is C16H22F2N2O3. The van der Waals surface area contributed by atoms with E-state index in [9.17, 15) is 18.7 Å². The van der Waals surface area contributed by atoms with Crippen LogP contribution in [0.15, 0.2) is 12.1 Å². The number of aliphatic hydroxyl groups excluding tert-OH is 1. The van der Waals surface area contributed by atoms with Crippen molar-refractivity contribution in [1.82, 2.24) is 4.90 Å². The number of urea groups is 1. The van der Waals surface area contributed by atoms with Gasteiger partial charge in [0.15, 0.2) is 17.4 Å². The number of aliphatic hydroxyl groups is 1. The van der Waals surface area contributed by atoms with E-state index in [1.807, 2.05) is 0 Å². The number of carbonyl (C=O) groups excluding carboxylic acids is 1. The molecule has 128 valence electrons. The van der Waals surface area contributed by atoms with Gasteiger partial charge in [0.05, 0.1) is 6.10 Å². The summed E-state index contributed by atoms with van der Waals surface area (Å²) in [6, 6.07) is 1.54. The molecular weight excluding hydrogens is 306 g/mol. The SMILES string of the molecule is CC(C)(C)Oc1c(F)cc(NC(=O)N2CCCC(O)C2)cc1F. The van der Waals surface area contributed by atoms with Gasteiger partial charge in [0, 0.05) is 30.9 Å². The fourth-order valence-electron chi connectivity index (χ4n) is 2.38. The molecule has 1 aliphatic rings. The fraction of sp³-hybridized carbons (Fsp3) is 0.562. The molecule has 0 bridgehead atoms. The number of benzene rings is 1. The van der Waals surface area contributed by atoms with Crippen LogP contribution in [0.2, 0.25) is 0 Å². The van der Waals surface area contributed by atoms with Crippen LogP contribution < -0.4 is 10.1 Å². The summed E-state index contributed by atoms with van der Waals surface area (Å²) < 4.78 is 33.3. The average molecular weight is 328 g/mol. The van der Waals surface area contributed by atoms with Crippen molar-refractivity contribution in [3.8, 4) is 5.75 Å². The minimum absolute atomic E-state index is 0.00585. The number of amides is 2. The number of ether oxygens (including phenoxy) is 1. The zero-order valence-corrected chi connectivity index (χ0v) is 13.5. The molecule has 0 aliphatic carbocycles. The summed E-state index contributed by atoms with van der Waals surface area (Å²) in [5.74, 6) is -2.23. The van der Waals surface area contributed by atoms with Crippen molar-refractivity contribution in [2.45, 2.75) is 45.3 Å². The van der Waals surface area contributed by atoms with Crippen molar-refractivity contribution < 1.29 is 23.4 Å². The van der Waals surface area contributed by atoms with Crippen LogP contribution in [0.1, 0.15) is 33.6 Å². The Kier molecular flexibility index (Phi) is 5.09. The first-order valence-electron chi connectivity index (χ1n) is 7.58. The number of halogens is 2. The maximum atomic E-state index is 14.0. The van der Waals surface area contributed by atoms with E-state index in [-0.39, 0.29) is 12.2 Å². The minimum atomic E-state index is -0.881. The van der Waals surface area contributed by atoms with Gasteiger partial charge in [0.25, 0.3) is 0 Å². The number of anilines is 1. The zero-order valence-electron chi connectivity index (χ0n) is 13.5. The van der Waals surface area contributed by atoms with E-state index in [0.717, 1.165) is 12.1 Å². The van der Waals surface area contributed by atoms with Gasteiger partial charge in [-0.1, -0.05) is 0 Å². The van der Waals surface area contributed by atoms with E-state index in [2.05, 4.69) is 5.32 Å². The molecule has 1 heterocycles. The third kappa shape index (κ3) is 4.79. The molecule has 0 saturated carbocycles. The van der Waals surface area contributed by atoms with Crippen LogP contribution in [0.5, 0.6) is 5.75 Å². The lowest BCUT2D eigenvalue weighted by molar-refractivity contribution is 0.0883. The maximum Gasteiger partial charge on any atom is 0.321 e. The van der Waals surface area contributed by atoms with Crippen molar-refractivity contribution in [1.29, 1.82) is 0 Å². The summed E-state index contributed by atoms with van der Waals surface area (Å²) in [4.78, 5) is 13.5. The molecule has 23 heavy (non-hydrogen) atoms. The molecule has 7 heteroatoms. The Morgan fingerprint density at radius 2 is 1.96 bits per heavy atom. The second kappa shape index (κ2) is 6.70. The number of β-amino-alcohol motifs (C(OH)–C–C–N with tert-alkyl or cyclic N) is 1. The number of nitrogens with one attached hydrogen (secondary N) is 1. The Hall–Kier alpha value is -1.89. The molecule has 0 spiro atoms. The largest absolute Gasteiger partial charge is 0.482 e. The molecule has 5 nitrogen and oxygen atoms in total. The first kappa shape index (κ1) is 17.5. The van der Waals surface area contributed by atoms with Gasteiger partial charge >= 0.3 is 6.03 Å². The summed E-state index contributed by atoms with van der Waals surface area (Å²) in [6.45, 7) is 5.76. The summed E-state index contributed by atoms with van der Waals surface area (Å²) >= 11 is 0. The van der Waals surface area contributed by atoms with Crippen molar-refractivity contribution in [2.24, 2.45) is 0 Å². The van der Waals surface area contributed by atoms with Crippen LogP contribution in [-0.4, -0.2) is 40.8 Å². The van der Waals surface area contributed by atoms with E-state index in [1.165, 1.54) is 4.90 Å². The molecule has 1 unspecified atom stereocenters. The normalized spacial score (nSPS) is 18.7. The van der Waals surface area contributed by atoms with Gasteiger partial charge in [-0.05, 0) is 33.6 Å². The van der Waals surface area contributed by atoms with E-state index in [0.29, 0.717) is 19.4 Å². The van der Waals surface area contributed by atoms with Gasteiger partial charge in [-0.3, -0.25) is 0 Å². The average Bonchev–Trinajstić information content (AvgIpc) is 2.42. The molecule has 0 aromatic heterocycles. The summed E-state index contributed by atoms with van der Waals surface area (Å²) in [6.07, 6.45) is 0.771. The third-order valence-corrected chi connectivity index (χ3v) is 3.34. The highest BCUT2D eigenvalue weighted by Gasteiger charge is 2.24. The smallest absolute Gasteiger partial charge is 0.321 e. The van der Waals surface area contributed by atoms with Crippen molar-refractivity contribution in [3.05, 3.63) is 23.8 Å². The lowest BCUT2D eigenvalue weighted by Crippen LogP contribution is -2.44. The van der Waals surface area contributed by atoms with Crippen LogP contribution >= 0.6 is 0 Å². The van der Waals surface area contributed by atoms with E-state index in [4.69, 9.17) is 4.74 Å². The van der Waals surface area contributed by atoms with Crippen LogP contribution in [-0.2, 0) is 0 Å². The molecule has 0 radical (unpaired) electrons. The number of hydrogen-bond donors (Lipinski definition) is 2. The summed E-state index contributed by atoms with van der Waals surface area (Å²) in [5, 5.41) is 12.0. The Bertz CT molecular complexity index is 564. The first-order chi connectivity index (χ1) is 10.7. The zero-order chi connectivity index (χ0) is 17.2. The van der Waals surface area contributed by atoms with Gasteiger partial charge in [-0.25, -0.2) is 13.6 Å². The molecule has 1 saturated heterocycles. The van der Waals surface area contributed by atoms with Crippen LogP contribution in [0.4, 0.5) is 19.3 Å². The number of carbonyl (C=O) groups is 1. The second-order valence-electron chi connectivity index (χ2n) is 6.66. The number of nitrogens with zero attached hydrogens (tertiary/aromatic N) is 1. The quantitative estimate of drug-likeness (QED) is 0.877. The number of rotatable bonds is 2. The highest BCUT2D eigenvalue weighted by molar-refractivity contribution is 5.89. The molecule has 1 aromatic carbocycles. The van der Waals surface area contributed by atoms with Crippen molar-refractivity contribution in [3.63, 3.8) is 0 Å². The Morgan fingerprint density at radius 1 is 1.35 bits per heavy atom. The molecule has 2 rings (SSSR count). The van der Waals surface area contributed by atoms with E-state index in [1.54, 1.807) is 20.8 Å². The molecule has 2 N–H and O–H groups in total. The molecule has 2 amide bonds. The van der Waals surface area contributed by atoms with Crippen LogP contribution in [0, 0.1) is 11.6 Å². The highest BCUT2D eigenvalue weighted by Crippen LogP contribution is 2.29. The Morgan fingerprint density at radius 3 is 2.48 bits per heavy atom. The van der Waals surface area contributed by atoms with Gasteiger partial charge < -0.3 is 20.1 Å². The van der Waals surface area contributed by atoms with Crippen molar-refractivity contribution in [2.75, 3.05) is 18.4 Å². The second-order valence-corrected chi connectivity index (χ2v) is 6.66. The molecule has 1 atom stereocenters. The lowest BCUT2D eigenvalue weighted by atomic mass is 10.1. The van der Waals surface area contributed by atoms with Crippen LogP contribution in [0.25, 0.3) is 0 Å². The fourth-order valence-corrected chi connectivity index (χ4v) is 2.38. The van der Waals surface area contributed by atoms with Gasteiger partial charge in [-0.15, -0.1) is 0 Å². The Labute approximate surface area is 134 Å². The number of likely N-dealkylation sites (tertiary alicyclic amines) is 1. The van der Waals surface area contributed by atoms with Gasteiger partial charge in [0.1, 0.15) is 5.60 Å². The van der Waals surface area contributed by atoms with Crippen molar-refractivity contribution >= 4 is 11.7 Å². The number of hydrogen-bond acceptors (Lipinski definition) is 3. The van der Waals surface area contributed by atoms with Gasteiger partial charge in [0.2, 0.25) is 0 Å². The van der Waals surface area contributed by atoms with E-state index >= 15 is 0 Å². The maximum absolute atomic E-state index is 14.0. The monoisotopic (exact) mass is 328 g/mol.